The number of alkyl carbamates (subject to hydrolysis) is 1. The normalized spacial score (nSPS) is 13.1. The molecule has 14 heavy (non-hydrogen) atoms. The van der Waals surface area contributed by atoms with Gasteiger partial charge in [-0.25, -0.2) is 4.79 Å². The lowest BCUT2D eigenvalue weighted by molar-refractivity contribution is -0.108. The Morgan fingerprint density at radius 2 is 2.07 bits per heavy atom. The van der Waals surface area contributed by atoms with E-state index in [9.17, 15) is 9.59 Å². The zero-order valence-corrected chi connectivity index (χ0v) is 9.29. The van der Waals surface area contributed by atoms with Gasteiger partial charge in [0, 0.05) is 12.0 Å². The number of ether oxygens (including phenoxy) is 1. The van der Waals surface area contributed by atoms with Crippen LogP contribution in [0.3, 0.4) is 0 Å². The molecule has 0 rings (SSSR count). The van der Waals surface area contributed by atoms with E-state index in [1.54, 1.807) is 6.92 Å². The van der Waals surface area contributed by atoms with Crippen LogP contribution in [0.5, 0.6) is 0 Å². The van der Waals surface area contributed by atoms with E-state index in [0.717, 1.165) is 6.29 Å². The molecule has 1 atom stereocenters. The van der Waals surface area contributed by atoms with Crippen LogP contribution in [0.25, 0.3) is 0 Å². The summed E-state index contributed by atoms with van der Waals surface area (Å²) in [6.45, 7) is 7.41. The average molecular weight is 201 g/mol. The van der Waals surface area contributed by atoms with E-state index in [1.165, 1.54) is 0 Å². The zero-order valence-electron chi connectivity index (χ0n) is 9.29. The summed E-state index contributed by atoms with van der Waals surface area (Å²) in [5.74, 6) is 0. The Labute approximate surface area is 85.0 Å². The van der Waals surface area contributed by atoms with Crippen LogP contribution in [-0.4, -0.2) is 24.0 Å². The monoisotopic (exact) mass is 201 g/mol. The van der Waals surface area contributed by atoms with Crippen LogP contribution in [-0.2, 0) is 9.53 Å². The molecule has 0 aliphatic carbocycles. The summed E-state index contributed by atoms with van der Waals surface area (Å²) in [5.41, 5.74) is -0.290. The van der Waals surface area contributed by atoms with Crippen molar-refractivity contribution >= 4 is 12.4 Å². The molecule has 1 N–H and O–H groups in total. The van der Waals surface area contributed by atoms with Crippen LogP contribution in [0, 0.1) is 0 Å². The lowest BCUT2D eigenvalue weighted by atomic mass is 10.1. The third kappa shape index (κ3) is 7.58. The number of carbonyl (C=O) groups excluding carboxylic acids is 2. The number of amides is 1. The van der Waals surface area contributed by atoms with Crippen molar-refractivity contribution in [2.24, 2.45) is 0 Å². The fourth-order valence-corrected chi connectivity index (χ4v) is 0.880. The van der Waals surface area contributed by atoms with Crippen molar-refractivity contribution in [1.82, 2.24) is 5.32 Å². The number of carbonyl (C=O) groups is 2. The molecule has 0 aliphatic heterocycles. The van der Waals surface area contributed by atoms with Crippen LogP contribution in [0.2, 0.25) is 0 Å². The molecule has 0 spiro atoms. The van der Waals surface area contributed by atoms with Gasteiger partial charge in [-0.3, -0.25) is 0 Å². The Kier molecular flexibility index (Phi) is 5.20. The molecule has 0 bridgehead atoms. The summed E-state index contributed by atoms with van der Waals surface area (Å²) in [5, 5.41) is 2.68. The molecule has 0 aliphatic rings. The van der Waals surface area contributed by atoms with Gasteiger partial charge >= 0.3 is 6.09 Å². The largest absolute Gasteiger partial charge is 0.447 e. The van der Waals surface area contributed by atoms with Gasteiger partial charge in [0.15, 0.2) is 0 Å². The second-order valence-corrected chi connectivity index (χ2v) is 4.33. The maximum Gasteiger partial charge on any atom is 0.407 e. The Morgan fingerprint density at radius 3 is 2.50 bits per heavy atom. The third-order valence-corrected chi connectivity index (χ3v) is 1.48. The molecule has 4 heteroatoms. The molecule has 0 aromatic carbocycles. The fraction of sp³-hybridized carbons (Fsp3) is 0.800. The Hall–Kier alpha value is -1.06. The summed E-state index contributed by atoms with van der Waals surface area (Å²) in [6, 6.07) is 0. The Balaban J connectivity index is 3.76. The van der Waals surface area contributed by atoms with E-state index in [-0.39, 0.29) is 11.6 Å². The number of hydrogen-bond acceptors (Lipinski definition) is 3. The smallest absolute Gasteiger partial charge is 0.407 e. The van der Waals surface area contributed by atoms with E-state index in [1.807, 2.05) is 20.8 Å². The SMILES string of the molecule is C[C@@H](CCC=O)OC(=O)NC(C)(C)C. The van der Waals surface area contributed by atoms with E-state index < -0.39 is 6.09 Å². The number of rotatable bonds is 4. The topological polar surface area (TPSA) is 55.4 Å². The van der Waals surface area contributed by atoms with Gasteiger partial charge < -0.3 is 14.8 Å². The highest BCUT2D eigenvalue weighted by atomic mass is 16.6. The van der Waals surface area contributed by atoms with Gasteiger partial charge in [0.2, 0.25) is 0 Å². The highest BCUT2D eigenvalue weighted by Gasteiger charge is 2.16. The van der Waals surface area contributed by atoms with E-state index in [2.05, 4.69) is 5.32 Å². The fourth-order valence-electron chi connectivity index (χ4n) is 0.880. The average Bonchev–Trinajstić information content (AvgIpc) is 1.96. The molecule has 0 aromatic heterocycles. The Bertz CT molecular complexity index is 196. The van der Waals surface area contributed by atoms with Gasteiger partial charge in [0.25, 0.3) is 0 Å². The highest BCUT2D eigenvalue weighted by molar-refractivity contribution is 5.68. The molecule has 0 saturated heterocycles. The summed E-state index contributed by atoms with van der Waals surface area (Å²) < 4.78 is 5.02. The summed E-state index contributed by atoms with van der Waals surface area (Å²) in [6.07, 6.45) is 1.16. The molecule has 82 valence electrons. The molecule has 0 fully saturated rings. The molecular weight excluding hydrogens is 182 g/mol. The molecule has 0 heterocycles. The van der Waals surface area contributed by atoms with Gasteiger partial charge in [-0.15, -0.1) is 0 Å². The number of aldehydes is 1. The predicted molar refractivity (Wildman–Crippen MR) is 54.1 cm³/mol. The summed E-state index contributed by atoms with van der Waals surface area (Å²) >= 11 is 0. The second-order valence-electron chi connectivity index (χ2n) is 4.33. The van der Waals surface area contributed by atoms with Gasteiger partial charge in [0.05, 0.1) is 0 Å². The standard InChI is InChI=1S/C10H19NO3/c1-8(6-5-7-12)14-9(13)11-10(2,3)4/h7-8H,5-6H2,1-4H3,(H,11,13)/t8-/m0/s1. The molecule has 0 aromatic rings. The van der Waals surface area contributed by atoms with Gasteiger partial charge in [-0.2, -0.15) is 0 Å². The number of nitrogens with one attached hydrogen (secondary N) is 1. The maximum atomic E-state index is 11.2. The number of hydrogen-bond donors (Lipinski definition) is 1. The van der Waals surface area contributed by atoms with Gasteiger partial charge in [-0.05, 0) is 34.1 Å². The molecule has 0 saturated carbocycles. The highest BCUT2D eigenvalue weighted by Crippen LogP contribution is 2.03. The van der Waals surface area contributed by atoms with Gasteiger partial charge in [-0.1, -0.05) is 0 Å². The van der Waals surface area contributed by atoms with Crippen molar-refractivity contribution in [3.8, 4) is 0 Å². The molecular formula is C10H19NO3. The van der Waals surface area contributed by atoms with Crippen molar-refractivity contribution in [3.63, 3.8) is 0 Å². The first-order valence-electron chi connectivity index (χ1n) is 4.77. The molecule has 4 nitrogen and oxygen atoms in total. The predicted octanol–water partition coefficient (Wildman–Crippen LogP) is 1.88. The van der Waals surface area contributed by atoms with Crippen molar-refractivity contribution in [2.75, 3.05) is 0 Å². The van der Waals surface area contributed by atoms with Crippen LogP contribution >= 0.6 is 0 Å². The third-order valence-electron chi connectivity index (χ3n) is 1.48. The van der Waals surface area contributed by atoms with E-state index in [4.69, 9.17) is 4.74 Å². The molecule has 0 unspecified atom stereocenters. The first kappa shape index (κ1) is 12.9. The van der Waals surface area contributed by atoms with Crippen LogP contribution in [0.4, 0.5) is 4.79 Å². The van der Waals surface area contributed by atoms with Crippen molar-refractivity contribution in [3.05, 3.63) is 0 Å². The van der Waals surface area contributed by atoms with E-state index in [0.29, 0.717) is 12.8 Å². The van der Waals surface area contributed by atoms with Crippen LogP contribution < -0.4 is 5.32 Å². The first-order valence-corrected chi connectivity index (χ1v) is 4.77. The quantitative estimate of drug-likeness (QED) is 0.706. The van der Waals surface area contributed by atoms with Crippen molar-refractivity contribution in [1.29, 1.82) is 0 Å². The molecule has 0 radical (unpaired) electrons. The van der Waals surface area contributed by atoms with Crippen LogP contribution in [0.15, 0.2) is 0 Å². The first-order chi connectivity index (χ1) is 6.35. The van der Waals surface area contributed by atoms with Crippen molar-refractivity contribution in [2.45, 2.75) is 52.2 Å². The maximum absolute atomic E-state index is 11.2. The van der Waals surface area contributed by atoms with Crippen LogP contribution in [0.1, 0.15) is 40.5 Å². The second kappa shape index (κ2) is 5.62. The summed E-state index contributed by atoms with van der Waals surface area (Å²) in [7, 11) is 0. The molecule has 1 amide bonds. The minimum absolute atomic E-state index is 0.220. The Morgan fingerprint density at radius 1 is 1.50 bits per heavy atom. The van der Waals surface area contributed by atoms with Gasteiger partial charge in [0.1, 0.15) is 12.4 Å². The minimum Gasteiger partial charge on any atom is -0.447 e. The zero-order chi connectivity index (χ0) is 11.2. The minimum atomic E-state index is -0.434. The van der Waals surface area contributed by atoms with Crippen molar-refractivity contribution < 1.29 is 14.3 Å². The van der Waals surface area contributed by atoms with E-state index >= 15 is 0 Å². The lowest BCUT2D eigenvalue weighted by Gasteiger charge is -2.21. The lowest BCUT2D eigenvalue weighted by Crippen LogP contribution is -2.42. The summed E-state index contributed by atoms with van der Waals surface area (Å²) in [4.78, 5) is 21.3.